The lowest BCUT2D eigenvalue weighted by atomic mass is 10.1. The maximum absolute atomic E-state index is 14.2. The minimum Gasteiger partial charge on any atom is -0.348 e. The Morgan fingerprint density at radius 3 is 2.76 bits per heavy atom. The molecule has 0 aliphatic carbocycles. The molecule has 0 aliphatic heterocycles. The number of para-hydroxylation sites is 1. The van der Waals surface area contributed by atoms with Crippen molar-refractivity contribution in [1.29, 1.82) is 0 Å². The number of amides is 1. The molecule has 1 amide bonds. The van der Waals surface area contributed by atoms with E-state index in [-0.39, 0.29) is 5.91 Å². The second-order valence-corrected chi connectivity index (χ2v) is 6.72. The van der Waals surface area contributed by atoms with Crippen molar-refractivity contribution >= 4 is 16.8 Å². The third-order valence-corrected chi connectivity index (χ3v) is 4.84. The molecule has 1 aromatic carbocycles. The first-order chi connectivity index (χ1) is 14.1. The van der Waals surface area contributed by atoms with Crippen LogP contribution in [0.2, 0.25) is 0 Å². The predicted molar refractivity (Wildman–Crippen MR) is 109 cm³/mol. The maximum atomic E-state index is 14.2. The van der Waals surface area contributed by atoms with Gasteiger partial charge in [0.05, 0.1) is 17.3 Å². The molecule has 7 heteroatoms. The SMILES string of the molecule is CCc1ccc(CNC(=O)c2cccc3c(-c4ccncc4F)nn(C)c23)cn1. The molecule has 0 aliphatic rings. The minimum atomic E-state index is -0.453. The van der Waals surface area contributed by atoms with Crippen molar-refractivity contribution in [3.05, 3.63) is 77.6 Å². The molecular weight excluding hydrogens is 369 g/mol. The topological polar surface area (TPSA) is 72.7 Å². The van der Waals surface area contributed by atoms with Crippen LogP contribution in [0.3, 0.4) is 0 Å². The molecule has 1 N–H and O–H groups in total. The Bertz CT molecular complexity index is 1180. The molecule has 4 aromatic rings. The van der Waals surface area contributed by atoms with Crippen LogP contribution in [0.4, 0.5) is 4.39 Å². The van der Waals surface area contributed by atoms with Gasteiger partial charge in [-0.3, -0.25) is 19.4 Å². The summed E-state index contributed by atoms with van der Waals surface area (Å²) in [5.41, 5.74) is 3.90. The highest BCUT2D eigenvalue weighted by molar-refractivity contribution is 6.08. The first kappa shape index (κ1) is 18.7. The molecule has 0 atom stereocenters. The standard InChI is InChI=1S/C22H20FN5O/c1-3-15-8-7-14(11-25-15)12-26-22(29)18-6-4-5-17-20(27-28(2)21(17)18)16-9-10-24-13-19(16)23/h4-11,13H,3,12H2,1-2H3,(H,26,29). The number of hydrogen-bond donors (Lipinski definition) is 1. The number of benzene rings is 1. The smallest absolute Gasteiger partial charge is 0.253 e. The number of carbonyl (C=O) groups excluding carboxylic acids is 1. The Hall–Kier alpha value is -3.61. The molecule has 4 rings (SSSR count). The Kier molecular flexibility index (Phi) is 5.03. The van der Waals surface area contributed by atoms with Crippen molar-refractivity contribution < 1.29 is 9.18 Å². The van der Waals surface area contributed by atoms with Crippen LogP contribution in [0.5, 0.6) is 0 Å². The minimum absolute atomic E-state index is 0.222. The average molecular weight is 389 g/mol. The van der Waals surface area contributed by atoms with Crippen LogP contribution in [0.1, 0.15) is 28.5 Å². The molecule has 0 unspecified atom stereocenters. The summed E-state index contributed by atoms with van der Waals surface area (Å²) in [6.45, 7) is 2.42. The number of halogens is 1. The third kappa shape index (κ3) is 3.59. The third-order valence-electron chi connectivity index (χ3n) is 4.84. The molecule has 6 nitrogen and oxygen atoms in total. The van der Waals surface area contributed by atoms with E-state index in [4.69, 9.17) is 0 Å². The highest BCUT2D eigenvalue weighted by Crippen LogP contribution is 2.30. The Morgan fingerprint density at radius 2 is 2.03 bits per heavy atom. The average Bonchev–Trinajstić information content (AvgIpc) is 3.09. The van der Waals surface area contributed by atoms with E-state index in [2.05, 4.69) is 20.4 Å². The van der Waals surface area contributed by atoms with Gasteiger partial charge in [-0.05, 0) is 30.2 Å². The first-order valence-corrected chi connectivity index (χ1v) is 9.36. The molecule has 29 heavy (non-hydrogen) atoms. The van der Waals surface area contributed by atoms with Gasteiger partial charge < -0.3 is 5.32 Å². The Labute approximate surface area is 167 Å². The van der Waals surface area contributed by atoms with Gasteiger partial charge in [-0.25, -0.2) is 4.39 Å². The van der Waals surface area contributed by atoms with Gasteiger partial charge in [0.1, 0.15) is 5.69 Å². The zero-order chi connectivity index (χ0) is 20.4. The van der Waals surface area contributed by atoms with E-state index >= 15 is 0 Å². The molecule has 3 heterocycles. The maximum Gasteiger partial charge on any atom is 0.253 e. The van der Waals surface area contributed by atoms with Crippen molar-refractivity contribution in [3.63, 3.8) is 0 Å². The van der Waals surface area contributed by atoms with Gasteiger partial charge in [-0.2, -0.15) is 5.10 Å². The lowest BCUT2D eigenvalue weighted by molar-refractivity contribution is 0.0952. The van der Waals surface area contributed by atoms with E-state index < -0.39 is 5.82 Å². The van der Waals surface area contributed by atoms with Crippen LogP contribution in [0.25, 0.3) is 22.2 Å². The van der Waals surface area contributed by atoms with Gasteiger partial charge >= 0.3 is 0 Å². The summed E-state index contributed by atoms with van der Waals surface area (Å²) in [5, 5.41) is 8.10. The van der Waals surface area contributed by atoms with E-state index in [9.17, 15) is 9.18 Å². The number of fused-ring (bicyclic) bond motifs is 1. The van der Waals surface area contributed by atoms with Gasteiger partial charge in [0.2, 0.25) is 0 Å². The van der Waals surface area contributed by atoms with Crippen LogP contribution in [-0.4, -0.2) is 25.7 Å². The van der Waals surface area contributed by atoms with Gasteiger partial charge in [-0.15, -0.1) is 0 Å². The molecule has 3 aromatic heterocycles. The summed E-state index contributed by atoms with van der Waals surface area (Å²) < 4.78 is 15.8. The molecule has 0 bridgehead atoms. The molecule has 0 saturated heterocycles. The van der Waals surface area contributed by atoms with Gasteiger partial charge in [0.25, 0.3) is 5.91 Å². The summed E-state index contributed by atoms with van der Waals surface area (Å²) in [4.78, 5) is 21.0. The zero-order valence-corrected chi connectivity index (χ0v) is 16.2. The van der Waals surface area contributed by atoms with Crippen molar-refractivity contribution in [3.8, 4) is 11.3 Å². The number of carbonyl (C=O) groups is 1. The summed E-state index contributed by atoms with van der Waals surface area (Å²) >= 11 is 0. The van der Waals surface area contributed by atoms with Gasteiger partial charge in [0.15, 0.2) is 5.82 Å². The molecule has 0 fully saturated rings. The number of nitrogens with one attached hydrogen (secondary N) is 1. The monoisotopic (exact) mass is 389 g/mol. The predicted octanol–water partition coefficient (Wildman–Crippen LogP) is 3.66. The van der Waals surface area contributed by atoms with E-state index in [1.807, 2.05) is 25.1 Å². The van der Waals surface area contributed by atoms with E-state index in [0.29, 0.717) is 34.3 Å². The second-order valence-electron chi connectivity index (χ2n) is 6.72. The number of pyridine rings is 2. The fourth-order valence-electron chi connectivity index (χ4n) is 3.33. The fourth-order valence-corrected chi connectivity index (χ4v) is 3.33. The number of aryl methyl sites for hydroxylation is 2. The fraction of sp³-hybridized carbons (Fsp3) is 0.182. The number of hydrogen-bond acceptors (Lipinski definition) is 4. The van der Waals surface area contributed by atoms with Crippen LogP contribution in [0.15, 0.2) is 55.0 Å². The molecular formula is C22H20FN5O. The van der Waals surface area contributed by atoms with E-state index in [1.165, 1.54) is 6.20 Å². The van der Waals surface area contributed by atoms with E-state index in [1.54, 1.807) is 36.1 Å². The number of aromatic nitrogens is 4. The lowest BCUT2D eigenvalue weighted by Gasteiger charge is -2.08. The summed E-state index contributed by atoms with van der Waals surface area (Å²) in [7, 11) is 1.75. The van der Waals surface area contributed by atoms with Crippen molar-refractivity contribution in [2.24, 2.45) is 7.05 Å². The number of nitrogens with zero attached hydrogens (tertiary/aromatic N) is 4. The van der Waals surface area contributed by atoms with Crippen LogP contribution in [0, 0.1) is 5.82 Å². The van der Waals surface area contributed by atoms with Crippen LogP contribution in [-0.2, 0) is 20.0 Å². The van der Waals surface area contributed by atoms with Crippen molar-refractivity contribution in [1.82, 2.24) is 25.1 Å². The second kappa shape index (κ2) is 7.79. The quantitative estimate of drug-likeness (QED) is 0.565. The van der Waals surface area contributed by atoms with Crippen LogP contribution < -0.4 is 5.32 Å². The highest BCUT2D eigenvalue weighted by atomic mass is 19.1. The molecule has 146 valence electrons. The Morgan fingerprint density at radius 1 is 1.17 bits per heavy atom. The van der Waals surface area contributed by atoms with Crippen molar-refractivity contribution in [2.45, 2.75) is 19.9 Å². The highest BCUT2D eigenvalue weighted by Gasteiger charge is 2.19. The van der Waals surface area contributed by atoms with Gasteiger partial charge in [-0.1, -0.05) is 25.1 Å². The zero-order valence-electron chi connectivity index (χ0n) is 16.2. The normalized spacial score (nSPS) is 11.0. The Balaban J connectivity index is 1.65. The first-order valence-electron chi connectivity index (χ1n) is 9.36. The summed E-state index contributed by atoms with van der Waals surface area (Å²) in [5.74, 6) is -0.676. The lowest BCUT2D eigenvalue weighted by Crippen LogP contribution is -2.23. The molecule has 0 saturated carbocycles. The summed E-state index contributed by atoms with van der Waals surface area (Å²) in [6.07, 6.45) is 5.32. The largest absolute Gasteiger partial charge is 0.348 e. The summed E-state index contributed by atoms with van der Waals surface area (Å²) in [6, 6.07) is 10.8. The van der Waals surface area contributed by atoms with Crippen molar-refractivity contribution in [2.75, 3.05) is 0 Å². The van der Waals surface area contributed by atoms with Crippen LogP contribution >= 0.6 is 0 Å². The van der Waals surface area contributed by atoms with Gasteiger partial charge in [0, 0.05) is 42.6 Å². The molecule has 0 radical (unpaired) electrons. The molecule has 0 spiro atoms. The number of rotatable bonds is 5. The van der Waals surface area contributed by atoms with E-state index in [0.717, 1.165) is 23.9 Å².